The Hall–Kier alpha value is -1.94. The van der Waals surface area contributed by atoms with Crippen molar-refractivity contribution >= 4 is 29.1 Å². The van der Waals surface area contributed by atoms with E-state index in [1.54, 1.807) is 12.1 Å². The average Bonchev–Trinajstić information content (AvgIpc) is 2.72. The lowest BCUT2D eigenvalue weighted by molar-refractivity contribution is 0.0663. The molecule has 0 aliphatic rings. The molecule has 0 fully saturated rings. The van der Waals surface area contributed by atoms with Gasteiger partial charge in [-0.3, -0.25) is 0 Å². The van der Waals surface area contributed by atoms with Gasteiger partial charge in [-0.1, -0.05) is 17.7 Å². The Morgan fingerprint density at radius 2 is 2.12 bits per heavy atom. The van der Waals surface area contributed by atoms with Crippen molar-refractivity contribution in [3.63, 3.8) is 0 Å². The van der Waals surface area contributed by atoms with Crippen LogP contribution in [0.2, 0.25) is 5.02 Å². The number of carboxylic acid groups (broad SMARTS) is 1. The van der Waals surface area contributed by atoms with Crippen molar-refractivity contribution in [3.05, 3.63) is 46.7 Å². The van der Waals surface area contributed by atoms with E-state index in [4.69, 9.17) is 21.1 Å². The van der Waals surface area contributed by atoms with Gasteiger partial charge in [0.25, 0.3) is 0 Å². The molecule has 17 heavy (non-hydrogen) atoms. The van der Waals surface area contributed by atoms with Crippen LogP contribution in [-0.2, 0) is 0 Å². The maximum Gasteiger partial charge on any atom is 0.371 e. The quantitative estimate of drug-likeness (QED) is 0.873. The molecule has 88 valence electrons. The summed E-state index contributed by atoms with van der Waals surface area (Å²) in [6, 6.07) is 8.40. The van der Waals surface area contributed by atoms with E-state index in [1.165, 1.54) is 6.07 Å². The topological polar surface area (TPSA) is 62.5 Å². The van der Waals surface area contributed by atoms with E-state index in [-0.39, 0.29) is 5.76 Å². The first-order valence-electron chi connectivity index (χ1n) is 4.92. The number of furan rings is 1. The number of nitrogens with one attached hydrogen (secondary N) is 1. The van der Waals surface area contributed by atoms with E-state index in [1.807, 2.05) is 19.1 Å². The van der Waals surface area contributed by atoms with Gasteiger partial charge in [0, 0.05) is 16.8 Å². The Labute approximate surface area is 103 Å². The van der Waals surface area contributed by atoms with Crippen molar-refractivity contribution in [1.82, 2.24) is 0 Å². The number of rotatable bonds is 3. The molecule has 0 radical (unpaired) electrons. The lowest BCUT2D eigenvalue weighted by atomic mass is 10.2. The fourth-order valence-corrected chi connectivity index (χ4v) is 1.51. The second-order valence-corrected chi connectivity index (χ2v) is 3.97. The van der Waals surface area contributed by atoms with Crippen LogP contribution in [0.25, 0.3) is 0 Å². The molecule has 0 saturated heterocycles. The van der Waals surface area contributed by atoms with Crippen molar-refractivity contribution < 1.29 is 14.3 Å². The van der Waals surface area contributed by atoms with Crippen molar-refractivity contribution in [2.45, 2.75) is 6.92 Å². The van der Waals surface area contributed by atoms with Gasteiger partial charge in [0.05, 0.1) is 0 Å². The standard InChI is InChI=1S/C12H10ClNO3/c1-7-2-3-8(6-9(7)13)14-11-5-4-10(17-11)12(15)16/h2-6,14H,1H3,(H,15,16). The van der Waals surface area contributed by atoms with Gasteiger partial charge >= 0.3 is 5.97 Å². The molecule has 0 atom stereocenters. The van der Waals surface area contributed by atoms with Crippen molar-refractivity contribution in [1.29, 1.82) is 0 Å². The summed E-state index contributed by atoms with van der Waals surface area (Å²) in [5.74, 6) is -0.840. The van der Waals surface area contributed by atoms with Gasteiger partial charge in [-0.05, 0) is 30.7 Å². The molecule has 0 bridgehead atoms. The van der Waals surface area contributed by atoms with E-state index >= 15 is 0 Å². The number of aryl methyl sites for hydroxylation is 1. The normalized spacial score (nSPS) is 10.2. The average molecular weight is 252 g/mol. The highest BCUT2D eigenvalue weighted by Gasteiger charge is 2.09. The molecule has 0 amide bonds. The van der Waals surface area contributed by atoms with Crippen LogP contribution in [0.5, 0.6) is 0 Å². The van der Waals surface area contributed by atoms with Crippen molar-refractivity contribution in [2.75, 3.05) is 5.32 Å². The van der Waals surface area contributed by atoms with Gasteiger partial charge in [0.1, 0.15) is 0 Å². The molecule has 0 aliphatic carbocycles. The van der Waals surface area contributed by atoms with Crippen LogP contribution in [0.15, 0.2) is 34.7 Å². The molecule has 0 saturated carbocycles. The smallest absolute Gasteiger partial charge is 0.371 e. The summed E-state index contributed by atoms with van der Waals surface area (Å²) in [6.45, 7) is 1.90. The fraction of sp³-hybridized carbons (Fsp3) is 0.0833. The second kappa shape index (κ2) is 4.51. The molecular weight excluding hydrogens is 242 g/mol. The van der Waals surface area contributed by atoms with Crippen LogP contribution in [0, 0.1) is 6.92 Å². The molecule has 1 aromatic heterocycles. The molecule has 2 rings (SSSR count). The third-order valence-corrected chi connectivity index (χ3v) is 2.66. The predicted molar refractivity (Wildman–Crippen MR) is 65.1 cm³/mol. The van der Waals surface area contributed by atoms with Crippen LogP contribution < -0.4 is 5.32 Å². The molecule has 0 spiro atoms. The highest BCUT2D eigenvalue weighted by Crippen LogP contribution is 2.24. The molecule has 1 aromatic carbocycles. The number of carboxylic acids is 1. The highest BCUT2D eigenvalue weighted by molar-refractivity contribution is 6.31. The fourth-order valence-electron chi connectivity index (χ4n) is 1.33. The Balaban J connectivity index is 2.19. The molecule has 0 aliphatic heterocycles. The largest absolute Gasteiger partial charge is 0.475 e. The molecule has 2 N–H and O–H groups in total. The zero-order chi connectivity index (χ0) is 12.4. The number of benzene rings is 1. The van der Waals surface area contributed by atoms with Crippen LogP contribution >= 0.6 is 11.6 Å². The number of hydrogen-bond donors (Lipinski definition) is 2. The van der Waals surface area contributed by atoms with Crippen molar-refractivity contribution in [3.8, 4) is 0 Å². The molecule has 1 heterocycles. The van der Waals surface area contributed by atoms with Gasteiger partial charge in [-0.2, -0.15) is 0 Å². The van der Waals surface area contributed by atoms with E-state index in [0.29, 0.717) is 10.9 Å². The molecule has 0 unspecified atom stereocenters. The summed E-state index contributed by atoms with van der Waals surface area (Å²) in [6.07, 6.45) is 0. The van der Waals surface area contributed by atoms with Gasteiger partial charge in [0.15, 0.2) is 5.88 Å². The molecule has 4 nitrogen and oxygen atoms in total. The van der Waals surface area contributed by atoms with E-state index in [0.717, 1.165) is 11.3 Å². The Bertz CT molecular complexity index is 563. The molecule has 2 aromatic rings. The first-order chi connectivity index (χ1) is 8.06. The highest BCUT2D eigenvalue weighted by atomic mass is 35.5. The first kappa shape index (κ1) is 11.5. The lowest BCUT2D eigenvalue weighted by Crippen LogP contribution is -1.92. The number of hydrogen-bond acceptors (Lipinski definition) is 3. The minimum Gasteiger partial charge on any atom is -0.475 e. The van der Waals surface area contributed by atoms with Gasteiger partial charge in [0.2, 0.25) is 5.76 Å². The Morgan fingerprint density at radius 3 is 2.71 bits per heavy atom. The SMILES string of the molecule is Cc1ccc(Nc2ccc(C(=O)O)o2)cc1Cl. The van der Waals surface area contributed by atoms with E-state index in [2.05, 4.69) is 5.32 Å². The van der Waals surface area contributed by atoms with Crippen LogP contribution in [0.3, 0.4) is 0 Å². The van der Waals surface area contributed by atoms with Crippen LogP contribution in [0.1, 0.15) is 16.1 Å². The lowest BCUT2D eigenvalue weighted by Gasteiger charge is -2.04. The summed E-state index contributed by atoms with van der Waals surface area (Å²) in [4.78, 5) is 10.6. The summed E-state index contributed by atoms with van der Waals surface area (Å²) in [5, 5.41) is 12.3. The van der Waals surface area contributed by atoms with Gasteiger partial charge in [-0.15, -0.1) is 0 Å². The zero-order valence-corrected chi connectivity index (χ0v) is 9.78. The maximum atomic E-state index is 10.6. The molecular formula is C12H10ClNO3. The zero-order valence-electron chi connectivity index (χ0n) is 9.03. The maximum absolute atomic E-state index is 10.6. The molecule has 5 heteroatoms. The minimum absolute atomic E-state index is 0.106. The summed E-state index contributed by atoms with van der Waals surface area (Å²) in [5.41, 5.74) is 1.72. The predicted octanol–water partition coefficient (Wildman–Crippen LogP) is 3.68. The van der Waals surface area contributed by atoms with Crippen LogP contribution in [-0.4, -0.2) is 11.1 Å². The minimum atomic E-state index is -1.10. The first-order valence-corrected chi connectivity index (χ1v) is 5.30. The summed E-state index contributed by atoms with van der Waals surface area (Å²) >= 11 is 5.97. The number of aromatic carboxylic acids is 1. The van der Waals surface area contributed by atoms with Gasteiger partial charge < -0.3 is 14.8 Å². The Kier molecular flexibility index (Phi) is 3.06. The summed E-state index contributed by atoms with van der Waals surface area (Å²) < 4.78 is 5.07. The number of halogens is 1. The number of anilines is 2. The Morgan fingerprint density at radius 1 is 1.35 bits per heavy atom. The van der Waals surface area contributed by atoms with Gasteiger partial charge in [-0.25, -0.2) is 4.79 Å². The third kappa shape index (κ3) is 2.60. The third-order valence-electron chi connectivity index (χ3n) is 2.26. The number of carbonyl (C=O) groups is 1. The monoisotopic (exact) mass is 251 g/mol. The van der Waals surface area contributed by atoms with E-state index < -0.39 is 5.97 Å². The van der Waals surface area contributed by atoms with Crippen molar-refractivity contribution in [2.24, 2.45) is 0 Å². The van der Waals surface area contributed by atoms with E-state index in [9.17, 15) is 4.79 Å². The van der Waals surface area contributed by atoms with Crippen LogP contribution in [0.4, 0.5) is 11.6 Å². The summed E-state index contributed by atoms with van der Waals surface area (Å²) in [7, 11) is 0. The second-order valence-electron chi connectivity index (χ2n) is 3.56.